The van der Waals surface area contributed by atoms with Crippen LogP contribution >= 0.6 is 0 Å². The SMILES string of the molecule is COC(=O)C1(CC(C)CCc2ccc(OC)cc2)CCC1. The summed E-state index contributed by atoms with van der Waals surface area (Å²) in [6, 6.07) is 8.24. The van der Waals surface area contributed by atoms with Crippen LogP contribution in [0.25, 0.3) is 0 Å². The van der Waals surface area contributed by atoms with E-state index in [9.17, 15) is 4.79 Å². The number of carbonyl (C=O) groups is 1. The highest BCUT2D eigenvalue weighted by molar-refractivity contribution is 5.77. The first kappa shape index (κ1) is 15.9. The third kappa shape index (κ3) is 3.78. The van der Waals surface area contributed by atoms with Gasteiger partial charge < -0.3 is 9.47 Å². The zero-order chi connectivity index (χ0) is 15.3. The number of benzene rings is 1. The second-order valence-corrected chi connectivity index (χ2v) is 6.32. The van der Waals surface area contributed by atoms with Gasteiger partial charge in [-0.2, -0.15) is 0 Å². The summed E-state index contributed by atoms with van der Waals surface area (Å²) in [5, 5.41) is 0. The van der Waals surface area contributed by atoms with Crippen LogP contribution in [0.2, 0.25) is 0 Å². The van der Waals surface area contributed by atoms with Gasteiger partial charge in [-0.3, -0.25) is 4.79 Å². The fourth-order valence-electron chi connectivity index (χ4n) is 3.29. The first-order valence-corrected chi connectivity index (χ1v) is 7.81. The highest BCUT2D eigenvalue weighted by Crippen LogP contribution is 2.47. The van der Waals surface area contributed by atoms with E-state index in [0.29, 0.717) is 5.92 Å². The average molecular weight is 290 g/mol. The zero-order valence-corrected chi connectivity index (χ0v) is 13.4. The van der Waals surface area contributed by atoms with Gasteiger partial charge in [0.1, 0.15) is 5.75 Å². The van der Waals surface area contributed by atoms with Crippen LogP contribution in [0, 0.1) is 11.3 Å². The monoisotopic (exact) mass is 290 g/mol. The Morgan fingerprint density at radius 2 is 1.90 bits per heavy atom. The van der Waals surface area contributed by atoms with Gasteiger partial charge in [-0.15, -0.1) is 0 Å². The van der Waals surface area contributed by atoms with E-state index in [0.717, 1.165) is 44.3 Å². The molecule has 0 amide bonds. The smallest absolute Gasteiger partial charge is 0.311 e. The molecule has 3 heteroatoms. The second-order valence-electron chi connectivity index (χ2n) is 6.32. The van der Waals surface area contributed by atoms with Crippen LogP contribution in [0.15, 0.2) is 24.3 Å². The Morgan fingerprint density at radius 1 is 1.24 bits per heavy atom. The summed E-state index contributed by atoms with van der Waals surface area (Å²) in [5.74, 6) is 1.42. The van der Waals surface area contributed by atoms with E-state index in [2.05, 4.69) is 19.1 Å². The summed E-state index contributed by atoms with van der Waals surface area (Å²) < 4.78 is 10.2. The van der Waals surface area contributed by atoms with Gasteiger partial charge in [0.15, 0.2) is 0 Å². The minimum Gasteiger partial charge on any atom is -0.497 e. The van der Waals surface area contributed by atoms with Gasteiger partial charge in [0.25, 0.3) is 0 Å². The van der Waals surface area contributed by atoms with Gasteiger partial charge in [0, 0.05) is 0 Å². The lowest BCUT2D eigenvalue weighted by molar-refractivity contribution is -0.160. The maximum atomic E-state index is 12.0. The minimum atomic E-state index is -0.186. The topological polar surface area (TPSA) is 35.5 Å². The van der Waals surface area contributed by atoms with E-state index in [-0.39, 0.29) is 11.4 Å². The molecule has 0 saturated heterocycles. The molecule has 116 valence electrons. The lowest BCUT2D eigenvalue weighted by Gasteiger charge is -2.40. The van der Waals surface area contributed by atoms with E-state index in [1.807, 2.05) is 12.1 Å². The molecule has 1 aromatic rings. The molecule has 0 spiro atoms. The minimum absolute atomic E-state index is 0.00922. The average Bonchev–Trinajstić information content (AvgIpc) is 2.48. The van der Waals surface area contributed by atoms with Crippen molar-refractivity contribution in [3.63, 3.8) is 0 Å². The summed E-state index contributed by atoms with van der Waals surface area (Å²) in [6.07, 6.45) is 6.24. The Bertz CT molecular complexity index is 460. The Balaban J connectivity index is 1.83. The Kier molecular flexibility index (Phi) is 5.27. The normalized spacial score (nSPS) is 17.7. The van der Waals surface area contributed by atoms with E-state index >= 15 is 0 Å². The molecule has 0 aromatic heterocycles. The van der Waals surface area contributed by atoms with E-state index in [1.165, 1.54) is 12.7 Å². The molecule has 1 aromatic carbocycles. The molecule has 3 nitrogen and oxygen atoms in total. The standard InChI is InChI=1S/C18H26O3/c1-14(13-18(11-4-12-18)17(19)21-3)5-6-15-7-9-16(20-2)10-8-15/h7-10,14H,4-6,11-13H2,1-3H3. The maximum absolute atomic E-state index is 12.0. The fraction of sp³-hybridized carbons (Fsp3) is 0.611. The molecule has 1 aliphatic rings. The van der Waals surface area contributed by atoms with Crippen LogP contribution in [0.1, 0.15) is 44.6 Å². The van der Waals surface area contributed by atoms with Gasteiger partial charge in [0.05, 0.1) is 19.6 Å². The van der Waals surface area contributed by atoms with Gasteiger partial charge >= 0.3 is 5.97 Å². The molecule has 21 heavy (non-hydrogen) atoms. The van der Waals surface area contributed by atoms with Crippen molar-refractivity contribution in [1.29, 1.82) is 0 Å². The van der Waals surface area contributed by atoms with Crippen LogP contribution in [-0.2, 0) is 16.0 Å². The summed E-state index contributed by atoms with van der Waals surface area (Å²) in [7, 11) is 3.19. The van der Waals surface area contributed by atoms with Crippen molar-refractivity contribution in [2.24, 2.45) is 11.3 Å². The fourth-order valence-corrected chi connectivity index (χ4v) is 3.29. The molecular formula is C18H26O3. The number of rotatable bonds is 7. The second kappa shape index (κ2) is 6.97. The molecule has 1 saturated carbocycles. The van der Waals surface area contributed by atoms with Crippen molar-refractivity contribution < 1.29 is 14.3 Å². The number of aryl methyl sites for hydroxylation is 1. The third-order valence-corrected chi connectivity index (χ3v) is 4.75. The quantitative estimate of drug-likeness (QED) is 0.712. The van der Waals surface area contributed by atoms with Gasteiger partial charge in [0.2, 0.25) is 0 Å². The van der Waals surface area contributed by atoms with Crippen LogP contribution in [0.4, 0.5) is 0 Å². The molecule has 0 N–H and O–H groups in total. The molecule has 0 heterocycles. The lowest BCUT2D eigenvalue weighted by atomic mass is 9.64. The van der Waals surface area contributed by atoms with E-state index < -0.39 is 0 Å². The largest absolute Gasteiger partial charge is 0.497 e. The molecule has 0 aliphatic heterocycles. The number of carbonyl (C=O) groups excluding carboxylic acids is 1. The summed E-state index contributed by atoms with van der Waals surface area (Å²) in [4.78, 5) is 12.0. The van der Waals surface area contributed by atoms with Crippen molar-refractivity contribution >= 4 is 5.97 Å². The highest BCUT2D eigenvalue weighted by atomic mass is 16.5. The molecule has 0 bridgehead atoms. The van der Waals surface area contributed by atoms with Crippen LogP contribution in [0.3, 0.4) is 0 Å². The Morgan fingerprint density at radius 3 is 2.38 bits per heavy atom. The van der Waals surface area contributed by atoms with E-state index in [4.69, 9.17) is 9.47 Å². The van der Waals surface area contributed by atoms with Crippen molar-refractivity contribution in [3.05, 3.63) is 29.8 Å². The number of hydrogen-bond donors (Lipinski definition) is 0. The van der Waals surface area contributed by atoms with Crippen LogP contribution in [0.5, 0.6) is 5.75 Å². The number of methoxy groups -OCH3 is 2. The molecule has 1 atom stereocenters. The van der Waals surface area contributed by atoms with Crippen molar-refractivity contribution in [2.75, 3.05) is 14.2 Å². The first-order chi connectivity index (χ1) is 10.1. The molecule has 0 radical (unpaired) electrons. The molecular weight excluding hydrogens is 264 g/mol. The predicted molar refractivity (Wildman–Crippen MR) is 83.4 cm³/mol. The Hall–Kier alpha value is -1.51. The third-order valence-electron chi connectivity index (χ3n) is 4.75. The summed E-state index contributed by atoms with van der Waals surface area (Å²) in [6.45, 7) is 2.24. The zero-order valence-electron chi connectivity index (χ0n) is 13.4. The molecule has 2 rings (SSSR count). The van der Waals surface area contributed by atoms with Crippen LogP contribution < -0.4 is 4.74 Å². The highest BCUT2D eigenvalue weighted by Gasteiger charge is 2.45. The molecule has 1 aliphatic carbocycles. The van der Waals surface area contributed by atoms with Gasteiger partial charge in [-0.1, -0.05) is 25.5 Å². The summed E-state index contributed by atoms with van der Waals surface area (Å²) in [5.41, 5.74) is 1.14. The van der Waals surface area contributed by atoms with Crippen molar-refractivity contribution in [3.8, 4) is 5.75 Å². The van der Waals surface area contributed by atoms with Crippen LogP contribution in [-0.4, -0.2) is 20.2 Å². The number of hydrogen-bond acceptors (Lipinski definition) is 3. The van der Waals surface area contributed by atoms with E-state index in [1.54, 1.807) is 7.11 Å². The maximum Gasteiger partial charge on any atom is 0.311 e. The Labute approximate surface area is 127 Å². The van der Waals surface area contributed by atoms with Crippen molar-refractivity contribution in [1.82, 2.24) is 0 Å². The van der Waals surface area contributed by atoms with Crippen molar-refractivity contribution in [2.45, 2.75) is 45.4 Å². The van der Waals surface area contributed by atoms with Gasteiger partial charge in [-0.25, -0.2) is 0 Å². The molecule has 1 fully saturated rings. The summed E-state index contributed by atoms with van der Waals surface area (Å²) >= 11 is 0. The van der Waals surface area contributed by atoms with Gasteiger partial charge in [-0.05, 0) is 55.7 Å². The molecule has 1 unspecified atom stereocenters. The first-order valence-electron chi connectivity index (χ1n) is 7.81. The number of esters is 1. The predicted octanol–water partition coefficient (Wildman–Crippen LogP) is 4.00. The lowest BCUT2D eigenvalue weighted by Crippen LogP contribution is -2.40. The number of ether oxygens (including phenoxy) is 2.